The number of pyridine rings is 1. The van der Waals surface area contributed by atoms with Crippen LogP contribution in [0.15, 0.2) is 55.1 Å². The van der Waals surface area contributed by atoms with Gasteiger partial charge in [0.2, 0.25) is 0 Å². The lowest BCUT2D eigenvalue weighted by molar-refractivity contribution is 0.0956. The van der Waals surface area contributed by atoms with Crippen LogP contribution in [-0.4, -0.2) is 38.1 Å². The summed E-state index contributed by atoms with van der Waals surface area (Å²) in [7, 11) is 0. The van der Waals surface area contributed by atoms with Gasteiger partial charge in [-0.2, -0.15) is 5.10 Å². The summed E-state index contributed by atoms with van der Waals surface area (Å²) >= 11 is 0. The van der Waals surface area contributed by atoms with Crippen molar-refractivity contribution in [2.24, 2.45) is 0 Å². The number of nitrogens with two attached hydrogens (primary N) is 1. The predicted octanol–water partition coefficient (Wildman–Crippen LogP) is 3.08. The normalized spacial score (nSPS) is 10.7. The predicted molar refractivity (Wildman–Crippen MR) is 122 cm³/mol. The number of benzene rings is 1. The molecule has 1 aromatic carbocycles. The Morgan fingerprint density at radius 3 is 2.59 bits per heavy atom. The fourth-order valence-electron chi connectivity index (χ4n) is 3.36. The second-order valence-electron chi connectivity index (χ2n) is 7.09. The Morgan fingerprint density at radius 1 is 1.09 bits per heavy atom. The lowest BCUT2D eigenvalue weighted by Gasteiger charge is -2.10. The van der Waals surface area contributed by atoms with E-state index in [1.807, 2.05) is 19.9 Å². The van der Waals surface area contributed by atoms with Gasteiger partial charge in [-0.15, -0.1) is 0 Å². The van der Waals surface area contributed by atoms with Gasteiger partial charge in [0.25, 0.3) is 5.91 Å². The molecule has 10 nitrogen and oxygen atoms in total. The minimum absolute atomic E-state index is 0.236. The molecule has 3 heterocycles. The third-order valence-electron chi connectivity index (χ3n) is 4.77. The van der Waals surface area contributed by atoms with E-state index in [0.29, 0.717) is 34.7 Å². The van der Waals surface area contributed by atoms with Crippen molar-refractivity contribution in [2.75, 3.05) is 22.9 Å². The van der Waals surface area contributed by atoms with Crippen LogP contribution in [0.25, 0.3) is 16.6 Å². The van der Waals surface area contributed by atoms with Gasteiger partial charge in [-0.3, -0.25) is 10.1 Å². The standard InChI is InChI=1S/C22H22N8O2/c1-3-24-21(31)16-11-30-19(20(23)26-12-27-30)18(16)14-4-6-15(7-5-14)28-22(32)29-17-10-13(2)8-9-25-17/h4-12H,3H2,1-2H3,(H,24,31)(H2,23,26,27)(H2,25,28,29,32). The summed E-state index contributed by atoms with van der Waals surface area (Å²) in [6.07, 6.45) is 4.59. The maximum absolute atomic E-state index is 12.6. The molecule has 0 radical (unpaired) electrons. The number of nitrogens with one attached hydrogen (secondary N) is 3. The van der Waals surface area contributed by atoms with Gasteiger partial charge in [-0.05, 0) is 49.2 Å². The number of hydrogen-bond donors (Lipinski definition) is 4. The highest BCUT2D eigenvalue weighted by atomic mass is 16.2. The molecule has 0 aliphatic heterocycles. The van der Waals surface area contributed by atoms with Crippen molar-refractivity contribution in [3.8, 4) is 11.1 Å². The molecule has 0 spiro atoms. The molecule has 5 N–H and O–H groups in total. The molecule has 162 valence electrons. The summed E-state index contributed by atoms with van der Waals surface area (Å²) in [5.41, 5.74) is 9.98. The van der Waals surface area contributed by atoms with Gasteiger partial charge in [0.05, 0.1) is 5.56 Å². The van der Waals surface area contributed by atoms with Crippen LogP contribution < -0.4 is 21.7 Å². The number of urea groups is 1. The van der Waals surface area contributed by atoms with E-state index in [9.17, 15) is 9.59 Å². The van der Waals surface area contributed by atoms with Crippen molar-refractivity contribution in [2.45, 2.75) is 13.8 Å². The van der Waals surface area contributed by atoms with Crippen molar-refractivity contribution < 1.29 is 9.59 Å². The van der Waals surface area contributed by atoms with Gasteiger partial charge >= 0.3 is 6.03 Å². The van der Waals surface area contributed by atoms with E-state index in [2.05, 4.69) is 31.0 Å². The molecule has 0 fully saturated rings. The number of nitrogens with zero attached hydrogens (tertiary/aromatic N) is 4. The Hall–Kier alpha value is -4.47. The molecule has 4 rings (SSSR count). The van der Waals surface area contributed by atoms with Crippen molar-refractivity contribution in [1.29, 1.82) is 0 Å². The van der Waals surface area contributed by atoms with Gasteiger partial charge < -0.3 is 16.4 Å². The Labute approximate surface area is 183 Å². The maximum Gasteiger partial charge on any atom is 0.324 e. The SMILES string of the molecule is CCNC(=O)c1cn2ncnc(N)c2c1-c1ccc(NC(=O)Nc2cc(C)ccn2)cc1. The number of rotatable bonds is 5. The molecular weight excluding hydrogens is 408 g/mol. The number of aromatic nitrogens is 4. The number of carbonyl (C=O) groups excluding carboxylic acids is 2. The van der Waals surface area contributed by atoms with Crippen molar-refractivity contribution >= 4 is 34.8 Å². The van der Waals surface area contributed by atoms with Crippen LogP contribution in [0.4, 0.5) is 22.1 Å². The monoisotopic (exact) mass is 430 g/mol. The second-order valence-corrected chi connectivity index (χ2v) is 7.09. The minimum atomic E-state index is -0.411. The van der Waals surface area contributed by atoms with Gasteiger partial charge in [-0.1, -0.05) is 12.1 Å². The first-order chi connectivity index (χ1) is 15.5. The largest absolute Gasteiger partial charge is 0.382 e. The molecule has 0 bridgehead atoms. The maximum atomic E-state index is 12.6. The highest BCUT2D eigenvalue weighted by molar-refractivity contribution is 6.07. The molecule has 0 saturated carbocycles. The van der Waals surface area contributed by atoms with E-state index < -0.39 is 6.03 Å². The van der Waals surface area contributed by atoms with E-state index in [-0.39, 0.29) is 11.7 Å². The first kappa shape index (κ1) is 20.8. The molecule has 0 atom stereocenters. The molecule has 4 aromatic rings. The summed E-state index contributed by atoms with van der Waals surface area (Å²) < 4.78 is 1.54. The van der Waals surface area contributed by atoms with Crippen LogP contribution in [0.5, 0.6) is 0 Å². The molecule has 0 saturated heterocycles. The highest BCUT2D eigenvalue weighted by Gasteiger charge is 2.21. The fraction of sp³-hybridized carbons (Fsp3) is 0.136. The van der Waals surface area contributed by atoms with Gasteiger partial charge in [0.15, 0.2) is 5.82 Å². The van der Waals surface area contributed by atoms with Crippen molar-refractivity contribution in [3.63, 3.8) is 0 Å². The number of fused-ring (bicyclic) bond motifs is 1. The number of carbonyl (C=O) groups is 2. The summed E-state index contributed by atoms with van der Waals surface area (Å²) in [4.78, 5) is 33.1. The third kappa shape index (κ3) is 4.19. The van der Waals surface area contributed by atoms with E-state index in [1.54, 1.807) is 42.7 Å². The van der Waals surface area contributed by atoms with Gasteiger partial charge in [-0.25, -0.2) is 19.3 Å². The molecular formula is C22H22N8O2. The zero-order chi connectivity index (χ0) is 22.7. The average molecular weight is 430 g/mol. The molecule has 3 amide bonds. The number of hydrogen-bond acceptors (Lipinski definition) is 6. The molecule has 0 aliphatic carbocycles. The molecule has 32 heavy (non-hydrogen) atoms. The summed E-state index contributed by atoms with van der Waals surface area (Å²) in [6, 6.07) is 10.3. The molecule has 3 aromatic heterocycles. The van der Waals surface area contributed by atoms with Crippen LogP contribution in [0, 0.1) is 6.92 Å². The Balaban J connectivity index is 1.62. The van der Waals surface area contributed by atoms with Crippen LogP contribution in [-0.2, 0) is 0 Å². The van der Waals surface area contributed by atoms with Gasteiger partial charge in [0.1, 0.15) is 17.7 Å². The summed E-state index contributed by atoms with van der Waals surface area (Å²) in [5.74, 6) is 0.485. The summed E-state index contributed by atoms with van der Waals surface area (Å²) in [5, 5.41) is 12.4. The topological polar surface area (TPSA) is 139 Å². The quantitative estimate of drug-likeness (QED) is 0.384. The fourth-order valence-corrected chi connectivity index (χ4v) is 3.36. The Kier molecular flexibility index (Phi) is 5.67. The number of nitrogen functional groups attached to an aromatic ring is 1. The van der Waals surface area contributed by atoms with Crippen LogP contribution >= 0.6 is 0 Å². The average Bonchev–Trinajstić information content (AvgIpc) is 3.15. The Morgan fingerprint density at radius 2 is 1.88 bits per heavy atom. The summed E-state index contributed by atoms with van der Waals surface area (Å²) in [6.45, 7) is 4.25. The third-order valence-corrected chi connectivity index (χ3v) is 4.77. The van der Waals surface area contributed by atoms with E-state index >= 15 is 0 Å². The van der Waals surface area contributed by atoms with Crippen molar-refractivity contribution in [1.82, 2.24) is 24.9 Å². The number of amides is 3. The van der Waals surface area contributed by atoms with Crippen molar-refractivity contribution in [3.05, 3.63) is 66.2 Å². The van der Waals surface area contributed by atoms with E-state index in [1.165, 1.54) is 10.8 Å². The molecule has 0 aliphatic rings. The van der Waals surface area contributed by atoms with E-state index in [4.69, 9.17) is 5.73 Å². The molecule has 10 heteroatoms. The zero-order valence-corrected chi connectivity index (χ0v) is 17.6. The second kappa shape index (κ2) is 8.72. The number of anilines is 3. The van der Waals surface area contributed by atoms with Crippen LogP contribution in [0.2, 0.25) is 0 Å². The first-order valence-corrected chi connectivity index (χ1v) is 9.97. The smallest absolute Gasteiger partial charge is 0.324 e. The Bertz CT molecular complexity index is 1300. The van der Waals surface area contributed by atoms with Gasteiger partial charge in [0, 0.05) is 30.2 Å². The first-order valence-electron chi connectivity index (χ1n) is 9.97. The lowest BCUT2D eigenvalue weighted by Crippen LogP contribution is -2.22. The van der Waals surface area contributed by atoms with Crippen LogP contribution in [0.1, 0.15) is 22.8 Å². The van der Waals surface area contributed by atoms with Crippen LogP contribution in [0.3, 0.4) is 0 Å². The van der Waals surface area contributed by atoms with E-state index in [0.717, 1.165) is 11.1 Å². The lowest BCUT2D eigenvalue weighted by atomic mass is 10.0. The minimum Gasteiger partial charge on any atom is -0.382 e. The molecule has 0 unspecified atom stereocenters. The zero-order valence-electron chi connectivity index (χ0n) is 17.6. The highest BCUT2D eigenvalue weighted by Crippen LogP contribution is 2.33. The number of aryl methyl sites for hydroxylation is 1.